The van der Waals surface area contributed by atoms with E-state index in [0.717, 1.165) is 11.8 Å². The van der Waals surface area contributed by atoms with Crippen molar-refractivity contribution in [3.05, 3.63) is 0 Å². The summed E-state index contributed by atoms with van der Waals surface area (Å²) in [6.07, 6.45) is 19.4. The second-order valence-corrected chi connectivity index (χ2v) is 8.15. The van der Waals surface area contributed by atoms with Gasteiger partial charge in [0.15, 0.2) is 0 Å². The van der Waals surface area contributed by atoms with E-state index >= 15 is 0 Å². The van der Waals surface area contributed by atoms with Gasteiger partial charge in [0.1, 0.15) is 0 Å². The Kier molecular flexibility index (Phi) is 9.64. The highest BCUT2D eigenvalue weighted by Crippen LogP contribution is 2.37. The molecule has 2 atom stereocenters. The zero-order chi connectivity index (χ0) is 15.6. The Morgan fingerprint density at radius 1 is 0.762 bits per heavy atom. The van der Waals surface area contributed by atoms with Gasteiger partial charge in [-0.05, 0) is 37.5 Å². The van der Waals surface area contributed by atoms with Crippen molar-refractivity contribution in [2.24, 2.45) is 17.6 Å². The normalized spacial score (nSPS) is 29.7. The lowest BCUT2D eigenvalue weighted by Gasteiger charge is -2.40. The number of hydrogen-bond acceptors (Lipinski definition) is 1. The third-order valence-corrected chi connectivity index (χ3v) is 5.34. The van der Waals surface area contributed by atoms with Crippen molar-refractivity contribution in [1.29, 1.82) is 0 Å². The molecule has 0 radical (unpaired) electrons. The molecule has 0 aliphatic heterocycles. The third kappa shape index (κ3) is 8.86. The highest BCUT2D eigenvalue weighted by Gasteiger charge is 2.33. The van der Waals surface area contributed by atoms with E-state index in [-0.39, 0.29) is 5.54 Å². The van der Waals surface area contributed by atoms with Crippen molar-refractivity contribution in [3.8, 4) is 0 Å². The number of hydrogen-bond donors (Lipinski definition) is 1. The summed E-state index contributed by atoms with van der Waals surface area (Å²) in [5.74, 6) is 1.67. The van der Waals surface area contributed by atoms with Gasteiger partial charge in [0.2, 0.25) is 0 Å². The minimum absolute atomic E-state index is 0.164. The number of unbranched alkanes of at least 4 members (excludes halogenated alkanes) is 9. The van der Waals surface area contributed by atoms with E-state index in [4.69, 9.17) is 5.73 Å². The molecule has 0 saturated heterocycles. The summed E-state index contributed by atoms with van der Waals surface area (Å²) in [4.78, 5) is 0. The third-order valence-electron chi connectivity index (χ3n) is 5.34. The zero-order valence-corrected chi connectivity index (χ0v) is 15.1. The summed E-state index contributed by atoms with van der Waals surface area (Å²) in [6.45, 7) is 7.06. The van der Waals surface area contributed by atoms with E-state index in [1.54, 1.807) is 0 Å². The van der Waals surface area contributed by atoms with Gasteiger partial charge >= 0.3 is 0 Å². The molecule has 2 N–H and O–H groups in total. The first kappa shape index (κ1) is 19.0. The van der Waals surface area contributed by atoms with Gasteiger partial charge < -0.3 is 5.73 Å². The lowest BCUT2D eigenvalue weighted by molar-refractivity contribution is 0.169. The second kappa shape index (κ2) is 10.6. The molecule has 0 bridgehead atoms. The number of nitrogens with two attached hydrogens (primary N) is 1. The van der Waals surface area contributed by atoms with E-state index in [0.29, 0.717) is 0 Å². The maximum absolute atomic E-state index is 6.65. The molecule has 0 aromatic carbocycles. The van der Waals surface area contributed by atoms with Gasteiger partial charge in [-0.15, -0.1) is 0 Å². The topological polar surface area (TPSA) is 26.0 Å². The van der Waals surface area contributed by atoms with Crippen molar-refractivity contribution in [2.75, 3.05) is 0 Å². The van der Waals surface area contributed by atoms with Crippen molar-refractivity contribution >= 4 is 0 Å². The minimum atomic E-state index is 0.164. The predicted octanol–water partition coefficient (Wildman–Crippen LogP) is 6.45. The summed E-state index contributed by atoms with van der Waals surface area (Å²) in [6, 6.07) is 0. The van der Waals surface area contributed by atoms with Crippen LogP contribution >= 0.6 is 0 Å². The van der Waals surface area contributed by atoms with Crippen LogP contribution in [0.25, 0.3) is 0 Å². The maximum atomic E-state index is 6.65. The van der Waals surface area contributed by atoms with Crippen LogP contribution in [0.1, 0.15) is 111 Å². The second-order valence-electron chi connectivity index (χ2n) is 8.15. The Morgan fingerprint density at radius 3 is 1.67 bits per heavy atom. The van der Waals surface area contributed by atoms with Gasteiger partial charge in [0.05, 0.1) is 0 Å². The van der Waals surface area contributed by atoms with Gasteiger partial charge in [-0.2, -0.15) is 0 Å². The lowest BCUT2D eigenvalue weighted by atomic mass is 9.70. The molecule has 21 heavy (non-hydrogen) atoms. The van der Waals surface area contributed by atoms with Crippen LogP contribution in [-0.2, 0) is 0 Å². The molecule has 1 nitrogen and oxygen atoms in total. The van der Waals surface area contributed by atoms with Crippen LogP contribution in [0.5, 0.6) is 0 Å². The van der Waals surface area contributed by atoms with Gasteiger partial charge in [0, 0.05) is 5.54 Å². The SMILES string of the molecule is CCCCCCCCCCCCC1(N)CC(C)CC(C)C1. The molecule has 2 unspecified atom stereocenters. The molecule has 0 aromatic rings. The fourth-order valence-electron chi connectivity index (χ4n) is 4.49. The fourth-order valence-corrected chi connectivity index (χ4v) is 4.49. The number of rotatable bonds is 11. The molecule has 1 fully saturated rings. The van der Waals surface area contributed by atoms with Gasteiger partial charge in [0.25, 0.3) is 0 Å². The van der Waals surface area contributed by atoms with E-state index in [9.17, 15) is 0 Å². The van der Waals surface area contributed by atoms with E-state index in [1.165, 1.54) is 89.9 Å². The van der Waals surface area contributed by atoms with Crippen LogP contribution < -0.4 is 5.73 Å². The standard InChI is InChI=1S/C20H41N/c1-4-5-6-7-8-9-10-11-12-13-14-20(21)16-18(2)15-19(3)17-20/h18-19H,4-17,21H2,1-3H3. The molecule has 126 valence electrons. The Labute approximate surface area is 134 Å². The van der Waals surface area contributed by atoms with Crippen molar-refractivity contribution in [3.63, 3.8) is 0 Å². The molecule has 0 aromatic heterocycles. The summed E-state index contributed by atoms with van der Waals surface area (Å²) in [7, 11) is 0. The summed E-state index contributed by atoms with van der Waals surface area (Å²) in [5, 5.41) is 0. The van der Waals surface area contributed by atoms with E-state index < -0.39 is 0 Å². The molecule has 0 amide bonds. The van der Waals surface area contributed by atoms with Crippen LogP contribution in [0.4, 0.5) is 0 Å². The molecule has 1 aliphatic rings. The lowest BCUT2D eigenvalue weighted by Crippen LogP contribution is -2.46. The highest BCUT2D eigenvalue weighted by molar-refractivity contribution is 4.91. The van der Waals surface area contributed by atoms with Gasteiger partial charge in [-0.1, -0.05) is 85.0 Å². The van der Waals surface area contributed by atoms with Gasteiger partial charge in [-0.3, -0.25) is 0 Å². The first-order valence-corrected chi connectivity index (χ1v) is 9.84. The van der Waals surface area contributed by atoms with Crippen LogP contribution in [0.3, 0.4) is 0 Å². The first-order valence-electron chi connectivity index (χ1n) is 9.84. The minimum Gasteiger partial charge on any atom is -0.325 e. The molecular formula is C20H41N. The summed E-state index contributed by atoms with van der Waals surface area (Å²) in [5.41, 5.74) is 6.81. The van der Waals surface area contributed by atoms with Crippen molar-refractivity contribution in [1.82, 2.24) is 0 Å². The molecule has 1 aliphatic carbocycles. The van der Waals surface area contributed by atoms with E-state index in [1.807, 2.05) is 0 Å². The summed E-state index contributed by atoms with van der Waals surface area (Å²) >= 11 is 0. The van der Waals surface area contributed by atoms with Gasteiger partial charge in [-0.25, -0.2) is 0 Å². The predicted molar refractivity (Wildman–Crippen MR) is 95.6 cm³/mol. The Morgan fingerprint density at radius 2 is 1.19 bits per heavy atom. The summed E-state index contributed by atoms with van der Waals surface area (Å²) < 4.78 is 0. The van der Waals surface area contributed by atoms with Crippen molar-refractivity contribution < 1.29 is 0 Å². The van der Waals surface area contributed by atoms with Crippen LogP contribution in [-0.4, -0.2) is 5.54 Å². The molecule has 1 heteroatoms. The average molecular weight is 296 g/mol. The van der Waals surface area contributed by atoms with Crippen molar-refractivity contribution in [2.45, 2.75) is 116 Å². The Bertz CT molecular complexity index is 238. The first-order chi connectivity index (χ1) is 10.1. The van der Waals surface area contributed by atoms with Crippen LogP contribution in [0, 0.1) is 11.8 Å². The monoisotopic (exact) mass is 295 g/mol. The molecule has 1 saturated carbocycles. The molecular weight excluding hydrogens is 254 g/mol. The fraction of sp³-hybridized carbons (Fsp3) is 1.00. The van der Waals surface area contributed by atoms with E-state index in [2.05, 4.69) is 20.8 Å². The quantitative estimate of drug-likeness (QED) is 0.435. The highest BCUT2D eigenvalue weighted by atomic mass is 14.7. The molecule has 1 rings (SSSR count). The average Bonchev–Trinajstić information content (AvgIpc) is 2.39. The maximum Gasteiger partial charge on any atom is 0.0159 e. The largest absolute Gasteiger partial charge is 0.325 e. The van der Waals surface area contributed by atoms with Crippen LogP contribution in [0.2, 0.25) is 0 Å². The molecule has 0 spiro atoms. The molecule has 0 heterocycles. The smallest absolute Gasteiger partial charge is 0.0159 e. The van der Waals surface area contributed by atoms with Crippen LogP contribution in [0.15, 0.2) is 0 Å². The zero-order valence-electron chi connectivity index (χ0n) is 15.1. The Balaban J connectivity index is 1.96. The Hall–Kier alpha value is -0.0400.